The van der Waals surface area contributed by atoms with Crippen molar-refractivity contribution in [2.45, 2.75) is 73.0 Å². The van der Waals surface area contributed by atoms with Crippen LogP contribution in [0, 0.1) is 23.7 Å². The lowest BCUT2D eigenvalue weighted by atomic mass is 9.96. The van der Waals surface area contributed by atoms with Gasteiger partial charge in [0.25, 0.3) is 0 Å². The molecule has 1 aromatic heterocycles. The number of amides is 1. The van der Waals surface area contributed by atoms with Gasteiger partial charge in [-0.1, -0.05) is 26.8 Å². The van der Waals surface area contributed by atoms with Gasteiger partial charge in [-0.2, -0.15) is 20.2 Å². The molecule has 9 heteroatoms. The summed E-state index contributed by atoms with van der Waals surface area (Å²) in [7, 11) is 1.98. The number of anilines is 2. The number of nitriles is 1. The maximum atomic E-state index is 12.5. The number of ether oxygens (including phenoxy) is 1. The molecule has 1 unspecified atom stereocenters. The predicted molar refractivity (Wildman–Crippen MR) is 141 cm³/mol. The second-order valence-electron chi connectivity index (χ2n) is 11.8. The molecule has 0 aliphatic carbocycles. The highest BCUT2D eigenvalue weighted by atomic mass is 16.6. The van der Waals surface area contributed by atoms with Gasteiger partial charge in [0.2, 0.25) is 11.9 Å². The minimum absolute atomic E-state index is 0.0113. The predicted octanol–water partition coefficient (Wildman–Crippen LogP) is 4.55. The number of benzene rings is 1. The van der Waals surface area contributed by atoms with E-state index in [1.807, 2.05) is 57.8 Å². The summed E-state index contributed by atoms with van der Waals surface area (Å²) in [5, 5.41) is 12.7. The van der Waals surface area contributed by atoms with E-state index in [1.54, 1.807) is 4.90 Å². The zero-order valence-electron chi connectivity index (χ0n) is 22.8. The maximum absolute atomic E-state index is 12.5. The van der Waals surface area contributed by atoms with Gasteiger partial charge in [-0.3, -0.25) is 0 Å². The summed E-state index contributed by atoms with van der Waals surface area (Å²) in [5.41, 5.74) is 2.23. The number of nitrogens with one attached hydrogen (secondary N) is 1. The third kappa shape index (κ3) is 7.80. The maximum Gasteiger partial charge on any atom is 0.410 e. The Hall–Kier alpha value is -3.41. The minimum Gasteiger partial charge on any atom is -0.444 e. The normalized spacial score (nSPS) is 16.0. The summed E-state index contributed by atoms with van der Waals surface area (Å²) in [6.45, 7) is 16.0. The number of likely N-dealkylation sites (tertiary alicyclic amines) is 1. The van der Waals surface area contributed by atoms with E-state index in [0.717, 1.165) is 24.1 Å². The van der Waals surface area contributed by atoms with E-state index in [0.29, 0.717) is 42.8 Å². The average Bonchev–Trinajstić information content (AvgIpc) is 3.21. The first-order chi connectivity index (χ1) is 16.7. The monoisotopic (exact) mass is 493 g/mol. The van der Waals surface area contributed by atoms with Crippen molar-refractivity contribution in [3.05, 3.63) is 40.7 Å². The van der Waals surface area contributed by atoms with Crippen LogP contribution in [0.2, 0.25) is 0 Å². The molecule has 9 nitrogen and oxygen atoms in total. The molecule has 1 atom stereocenters. The Balaban J connectivity index is 1.84. The third-order valence-electron chi connectivity index (χ3n) is 5.72. The van der Waals surface area contributed by atoms with E-state index in [9.17, 15) is 10.1 Å². The Labute approximate surface area is 214 Å². The van der Waals surface area contributed by atoms with Crippen LogP contribution >= 0.6 is 0 Å². The van der Waals surface area contributed by atoms with E-state index in [4.69, 9.17) is 19.7 Å². The van der Waals surface area contributed by atoms with Crippen molar-refractivity contribution < 1.29 is 9.53 Å². The van der Waals surface area contributed by atoms with E-state index in [2.05, 4.69) is 32.2 Å². The summed E-state index contributed by atoms with van der Waals surface area (Å²) in [4.78, 5) is 30.4. The first-order valence-corrected chi connectivity index (χ1v) is 12.4. The van der Waals surface area contributed by atoms with E-state index >= 15 is 0 Å². The quantitative estimate of drug-likeness (QED) is 0.625. The van der Waals surface area contributed by atoms with Gasteiger partial charge < -0.3 is 19.9 Å². The van der Waals surface area contributed by atoms with Crippen molar-refractivity contribution in [2.75, 3.05) is 36.9 Å². The standard InChI is InChI=1S/C27H39N7O2/c1-18-9-10-19(15-28)13-20(18)14-22-30-23(32-24(31-22)33(8)17-26(2,3)4)29-21-11-12-34(16-21)25(35)36-27(5,6)7/h9-10,13,21H,11-12,14,16-17H2,1-8H3,(H,29,30,31,32). The average molecular weight is 494 g/mol. The van der Waals surface area contributed by atoms with Gasteiger partial charge in [-0.15, -0.1) is 0 Å². The second-order valence-corrected chi connectivity index (χ2v) is 11.8. The van der Waals surface area contributed by atoms with Crippen LogP contribution in [0.15, 0.2) is 18.2 Å². The van der Waals surface area contributed by atoms with Gasteiger partial charge in [0, 0.05) is 39.1 Å². The molecule has 1 fully saturated rings. The Morgan fingerprint density at radius 2 is 1.94 bits per heavy atom. The molecule has 36 heavy (non-hydrogen) atoms. The summed E-state index contributed by atoms with van der Waals surface area (Å²) in [6, 6.07) is 7.87. The molecule has 0 bridgehead atoms. The van der Waals surface area contributed by atoms with Crippen LogP contribution in [0.25, 0.3) is 0 Å². The summed E-state index contributed by atoms with van der Waals surface area (Å²) >= 11 is 0. The molecule has 1 N–H and O–H groups in total. The van der Waals surface area contributed by atoms with Gasteiger partial charge in [0.15, 0.2) is 0 Å². The summed E-state index contributed by atoms with van der Waals surface area (Å²) in [5.74, 6) is 1.71. The molecule has 1 amide bonds. The Morgan fingerprint density at radius 3 is 2.58 bits per heavy atom. The van der Waals surface area contributed by atoms with Crippen LogP contribution in [0.1, 0.15) is 70.5 Å². The van der Waals surface area contributed by atoms with Crippen molar-refractivity contribution in [3.63, 3.8) is 0 Å². The SMILES string of the molecule is Cc1ccc(C#N)cc1Cc1nc(NC2CCN(C(=O)OC(C)(C)C)C2)nc(N(C)CC(C)(C)C)n1. The molecule has 2 heterocycles. The number of carbonyl (C=O) groups is 1. The zero-order valence-corrected chi connectivity index (χ0v) is 22.8. The molecule has 1 aliphatic heterocycles. The molecule has 3 rings (SSSR count). The van der Waals surface area contributed by atoms with Crippen molar-refractivity contribution in [3.8, 4) is 6.07 Å². The lowest BCUT2D eigenvalue weighted by Gasteiger charge is -2.27. The highest BCUT2D eigenvalue weighted by molar-refractivity contribution is 5.68. The fourth-order valence-electron chi connectivity index (χ4n) is 4.16. The Morgan fingerprint density at radius 1 is 1.22 bits per heavy atom. The van der Waals surface area contributed by atoms with Crippen LogP contribution in [0.5, 0.6) is 0 Å². The smallest absolute Gasteiger partial charge is 0.410 e. The highest BCUT2D eigenvalue weighted by Gasteiger charge is 2.30. The van der Waals surface area contributed by atoms with Crippen molar-refractivity contribution >= 4 is 18.0 Å². The van der Waals surface area contributed by atoms with Gasteiger partial charge in [0.05, 0.1) is 11.6 Å². The molecule has 194 valence electrons. The minimum atomic E-state index is -0.529. The van der Waals surface area contributed by atoms with E-state index in [1.165, 1.54) is 0 Å². The summed E-state index contributed by atoms with van der Waals surface area (Å²) < 4.78 is 5.52. The van der Waals surface area contributed by atoms with Gasteiger partial charge >= 0.3 is 6.09 Å². The number of rotatable bonds is 6. The molecule has 1 aromatic carbocycles. The lowest BCUT2D eigenvalue weighted by Crippen LogP contribution is -2.37. The van der Waals surface area contributed by atoms with Crippen LogP contribution in [-0.4, -0.2) is 64.3 Å². The van der Waals surface area contributed by atoms with Crippen molar-refractivity contribution in [2.24, 2.45) is 5.41 Å². The highest BCUT2D eigenvalue weighted by Crippen LogP contribution is 2.22. The number of nitrogens with zero attached hydrogens (tertiary/aromatic N) is 6. The molecule has 0 radical (unpaired) electrons. The second kappa shape index (κ2) is 10.7. The first kappa shape index (κ1) is 27.2. The number of carbonyl (C=O) groups excluding carboxylic acids is 1. The first-order valence-electron chi connectivity index (χ1n) is 12.4. The summed E-state index contributed by atoms with van der Waals surface area (Å²) in [6.07, 6.45) is 0.960. The number of hydrogen-bond acceptors (Lipinski definition) is 8. The van der Waals surface area contributed by atoms with Crippen LogP contribution in [0.4, 0.5) is 16.7 Å². The largest absolute Gasteiger partial charge is 0.444 e. The zero-order chi connectivity index (χ0) is 26.7. The van der Waals surface area contributed by atoms with Crippen molar-refractivity contribution in [1.29, 1.82) is 5.26 Å². The van der Waals surface area contributed by atoms with Crippen LogP contribution in [0.3, 0.4) is 0 Å². The molecule has 1 aliphatic rings. The molecule has 0 spiro atoms. The van der Waals surface area contributed by atoms with E-state index in [-0.39, 0.29) is 17.6 Å². The molecular weight excluding hydrogens is 454 g/mol. The number of aromatic nitrogens is 3. The Kier molecular flexibility index (Phi) is 8.07. The van der Waals surface area contributed by atoms with Crippen LogP contribution < -0.4 is 10.2 Å². The topological polar surface area (TPSA) is 107 Å². The number of hydrogen-bond donors (Lipinski definition) is 1. The lowest BCUT2D eigenvalue weighted by molar-refractivity contribution is 0.0293. The fraction of sp³-hybridized carbons (Fsp3) is 0.593. The third-order valence-corrected chi connectivity index (χ3v) is 5.72. The molecule has 1 saturated heterocycles. The van der Waals surface area contributed by atoms with Gasteiger partial charge in [-0.25, -0.2) is 4.79 Å². The van der Waals surface area contributed by atoms with Gasteiger partial charge in [-0.05, 0) is 62.8 Å². The number of aryl methyl sites for hydroxylation is 1. The fourth-order valence-corrected chi connectivity index (χ4v) is 4.16. The van der Waals surface area contributed by atoms with Crippen LogP contribution in [-0.2, 0) is 11.2 Å². The van der Waals surface area contributed by atoms with Crippen molar-refractivity contribution in [1.82, 2.24) is 19.9 Å². The Bertz CT molecular complexity index is 1130. The van der Waals surface area contributed by atoms with E-state index < -0.39 is 5.60 Å². The molecular formula is C27H39N7O2. The molecule has 0 saturated carbocycles. The van der Waals surface area contributed by atoms with Gasteiger partial charge in [0.1, 0.15) is 11.4 Å². The molecule has 2 aromatic rings.